The van der Waals surface area contributed by atoms with E-state index >= 15 is 0 Å². The number of nitrogens with zero attached hydrogens (tertiary/aromatic N) is 1. The zero-order valence-electron chi connectivity index (χ0n) is 12.8. The number of aliphatic imine (C=N–C) groups is 1. The van der Waals surface area contributed by atoms with E-state index in [4.69, 9.17) is 4.99 Å². The van der Waals surface area contributed by atoms with Crippen LogP contribution >= 0.6 is 0 Å². The van der Waals surface area contributed by atoms with Gasteiger partial charge in [-0.2, -0.15) is 0 Å². The van der Waals surface area contributed by atoms with Crippen molar-refractivity contribution in [1.82, 2.24) is 0 Å². The van der Waals surface area contributed by atoms with Gasteiger partial charge in [-0.1, -0.05) is 54.6 Å². The molecule has 0 amide bonds. The van der Waals surface area contributed by atoms with E-state index in [2.05, 4.69) is 19.1 Å². The summed E-state index contributed by atoms with van der Waals surface area (Å²) in [5, 5.41) is 0. The van der Waals surface area contributed by atoms with Gasteiger partial charge in [0.1, 0.15) is 0 Å². The maximum atomic E-state index is 12.6. The Morgan fingerprint density at radius 2 is 1.59 bits per heavy atom. The van der Waals surface area contributed by atoms with E-state index in [1.807, 2.05) is 49.4 Å². The maximum Gasteiger partial charge on any atom is 0.189 e. The van der Waals surface area contributed by atoms with E-state index in [1.165, 1.54) is 5.56 Å². The van der Waals surface area contributed by atoms with Crippen LogP contribution in [0, 0.1) is 0 Å². The molecule has 0 spiro atoms. The molecule has 22 heavy (non-hydrogen) atoms. The normalized spacial score (nSPS) is 23.2. The molecule has 1 aliphatic carbocycles. The molecule has 2 aromatic rings. The first-order chi connectivity index (χ1) is 10.6. The number of hydrogen-bond acceptors (Lipinski definition) is 2. The fourth-order valence-electron chi connectivity index (χ4n) is 3.51. The molecular formula is C20H17NO. The number of allylic oxidation sites excluding steroid dienone is 1. The van der Waals surface area contributed by atoms with Crippen LogP contribution in [-0.2, 0) is 5.54 Å². The molecular weight excluding hydrogens is 270 g/mol. The summed E-state index contributed by atoms with van der Waals surface area (Å²) in [7, 11) is 0. The number of Topliss-reactive ketones (excluding diaryl/α,β-unsaturated/α-hetero) is 1. The van der Waals surface area contributed by atoms with Gasteiger partial charge in [-0.3, -0.25) is 9.79 Å². The average Bonchev–Trinajstić information content (AvgIpc) is 2.93. The van der Waals surface area contributed by atoms with Gasteiger partial charge in [0, 0.05) is 23.1 Å². The summed E-state index contributed by atoms with van der Waals surface area (Å²) >= 11 is 0. The number of carbonyl (C=O) groups excluding carboxylic acids is 1. The van der Waals surface area contributed by atoms with Crippen molar-refractivity contribution in [2.75, 3.05) is 0 Å². The highest BCUT2D eigenvalue weighted by atomic mass is 16.1. The summed E-state index contributed by atoms with van der Waals surface area (Å²) < 4.78 is 0. The van der Waals surface area contributed by atoms with Crippen molar-refractivity contribution in [3.8, 4) is 0 Å². The minimum atomic E-state index is -0.287. The summed E-state index contributed by atoms with van der Waals surface area (Å²) in [6.07, 6.45) is 0.790. The molecule has 0 radical (unpaired) electrons. The third-order valence-electron chi connectivity index (χ3n) is 4.78. The van der Waals surface area contributed by atoms with Gasteiger partial charge in [-0.15, -0.1) is 0 Å². The Balaban J connectivity index is 1.94. The van der Waals surface area contributed by atoms with E-state index < -0.39 is 0 Å². The molecule has 0 saturated heterocycles. The van der Waals surface area contributed by atoms with Crippen molar-refractivity contribution in [2.24, 2.45) is 4.99 Å². The number of ketones is 1. The quantitative estimate of drug-likeness (QED) is 0.768. The predicted octanol–water partition coefficient (Wildman–Crippen LogP) is 4.31. The molecule has 1 aliphatic heterocycles. The Bertz CT molecular complexity index is 845. The lowest BCUT2D eigenvalue weighted by atomic mass is 9.81. The van der Waals surface area contributed by atoms with Crippen molar-refractivity contribution in [1.29, 1.82) is 0 Å². The topological polar surface area (TPSA) is 29.4 Å². The third-order valence-corrected chi connectivity index (χ3v) is 4.78. The molecule has 0 N–H and O–H groups in total. The lowest BCUT2D eigenvalue weighted by Crippen LogP contribution is -2.19. The second-order valence-corrected chi connectivity index (χ2v) is 6.26. The van der Waals surface area contributed by atoms with Crippen LogP contribution in [-0.4, -0.2) is 11.5 Å². The Morgan fingerprint density at radius 3 is 2.32 bits per heavy atom. The number of hydrogen-bond donors (Lipinski definition) is 0. The highest BCUT2D eigenvalue weighted by Crippen LogP contribution is 2.44. The number of carbonyl (C=O) groups is 1. The van der Waals surface area contributed by atoms with Gasteiger partial charge in [0.15, 0.2) is 5.78 Å². The lowest BCUT2D eigenvalue weighted by Gasteiger charge is -2.21. The van der Waals surface area contributed by atoms with Gasteiger partial charge < -0.3 is 0 Å². The van der Waals surface area contributed by atoms with Crippen LogP contribution in [0.1, 0.15) is 41.8 Å². The van der Waals surface area contributed by atoms with Crippen molar-refractivity contribution in [2.45, 2.75) is 25.8 Å². The zero-order chi connectivity index (χ0) is 15.3. The zero-order valence-corrected chi connectivity index (χ0v) is 12.8. The minimum absolute atomic E-state index is 0.141. The SMILES string of the molecule is CC1=C2CC(C)(c3ccccc3)N=C2c2ccccc2C1=O. The fraction of sp³-hybridized carbons (Fsp3) is 0.200. The first kappa shape index (κ1) is 13.2. The maximum absolute atomic E-state index is 12.6. The minimum Gasteiger partial charge on any atom is -0.289 e. The molecule has 2 nitrogen and oxygen atoms in total. The van der Waals surface area contributed by atoms with Gasteiger partial charge in [-0.05, 0) is 25.0 Å². The van der Waals surface area contributed by atoms with Crippen LogP contribution < -0.4 is 0 Å². The van der Waals surface area contributed by atoms with Gasteiger partial charge in [0.2, 0.25) is 0 Å². The van der Waals surface area contributed by atoms with E-state index in [9.17, 15) is 4.79 Å². The Kier molecular flexibility index (Phi) is 2.70. The molecule has 0 fully saturated rings. The molecule has 4 rings (SSSR count). The predicted molar refractivity (Wildman–Crippen MR) is 88.4 cm³/mol. The fourth-order valence-corrected chi connectivity index (χ4v) is 3.51. The van der Waals surface area contributed by atoms with Crippen LogP contribution in [0.4, 0.5) is 0 Å². The molecule has 1 unspecified atom stereocenters. The van der Waals surface area contributed by atoms with Crippen molar-refractivity contribution < 1.29 is 4.79 Å². The highest BCUT2D eigenvalue weighted by Gasteiger charge is 2.40. The van der Waals surface area contributed by atoms with Gasteiger partial charge >= 0.3 is 0 Å². The second-order valence-electron chi connectivity index (χ2n) is 6.26. The molecule has 0 aromatic heterocycles. The number of rotatable bonds is 1. The second kappa shape index (κ2) is 4.51. The Morgan fingerprint density at radius 1 is 0.955 bits per heavy atom. The molecule has 2 aromatic carbocycles. The highest BCUT2D eigenvalue weighted by molar-refractivity contribution is 6.29. The van der Waals surface area contributed by atoms with E-state index in [1.54, 1.807) is 0 Å². The molecule has 1 atom stereocenters. The van der Waals surface area contributed by atoms with Crippen LogP contribution in [0.25, 0.3) is 0 Å². The monoisotopic (exact) mass is 287 g/mol. The Labute approximate surface area is 130 Å². The number of fused-ring (bicyclic) bond motifs is 3. The summed E-state index contributed by atoms with van der Waals surface area (Å²) in [5.74, 6) is 0.141. The standard InChI is InChI=1S/C20H17NO/c1-13-17-12-20(2,14-8-4-3-5-9-14)21-18(17)15-10-6-7-11-16(15)19(13)22/h3-11H,12H2,1-2H3. The van der Waals surface area contributed by atoms with Gasteiger partial charge in [0.25, 0.3) is 0 Å². The van der Waals surface area contributed by atoms with Crippen LogP contribution in [0.2, 0.25) is 0 Å². The summed E-state index contributed by atoms with van der Waals surface area (Å²) in [5.41, 5.74) is 5.62. The molecule has 0 saturated carbocycles. The Hall–Kier alpha value is -2.48. The molecule has 2 heteroatoms. The van der Waals surface area contributed by atoms with E-state index in [0.717, 1.165) is 34.4 Å². The van der Waals surface area contributed by atoms with E-state index in [-0.39, 0.29) is 11.3 Å². The average molecular weight is 287 g/mol. The molecule has 1 heterocycles. The van der Waals surface area contributed by atoms with Crippen molar-refractivity contribution in [3.05, 3.63) is 82.4 Å². The van der Waals surface area contributed by atoms with Crippen LogP contribution in [0.15, 0.2) is 70.7 Å². The molecule has 0 bridgehead atoms. The van der Waals surface area contributed by atoms with Crippen molar-refractivity contribution >= 4 is 11.5 Å². The first-order valence-corrected chi connectivity index (χ1v) is 7.60. The number of benzene rings is 2. The van der Waals surface area contributed by atoms with Gasteiger partial charge in [-0.25, -0.2) is 0 Å². The molecule has 2 aliphatic rings. The summed E-state index contributed by atoms with van der Waals surface area (Å²) in [4.78, 5) is 17.6. The third kappa shape index (κ3) is 1.73. The van der Waals surface area contributed by atoms with Crippen molar-refractivity contribution in [3.63, 3.8) is 0 Å². The van der Waals surface area contributed by atoms with Crippen LogP contribution in [0.3, 0.4) is 0 Å². The lowest BCUT2D eigenvalue weighted by molar-refractivity contribution is 0.103. The first-order valence-electron chi connectivity index (χ1n) is 7.60. The summed E-state index contributed by atoms with van der Waals surface area (Å²) in [6.45, 7) is 4.08. The van der Waals surface area contributed by atoms with Crippen LogP contribution in [0.5, 0.6) is 0 Å². The summed E-state index contributed by atoms with van der Waals surface area (Å²) in [6, 6.07) is 18.1. The largest absolute Gasteiger partial charge is 0.289 e. The van der Waals surface area contributed by atoms with Gasteiger partial charge in [0.05, 0.1) is 11.3 Å². The molecule has 108 valence electrons. The van der Waals surface area contributed by atoms with E-state index in [0.29, 0.717) is 0 Å². The smallest absolute Gasteiger partial charge is 0.189 e.